The van der Waals surface area contributed by atoms with Crippen molar-refractivity contribution in [1.82, 2.24) is 20.5 Å². The van der Waals surface area contributed by atoms with Crippen LogP contribution in [-0.4, -0.2) is 82.9 Å². The third-order valence-electron chi connectivity index (χ3n) is 7.02. The second kappa shape index (κ2) is 11.1. The average Bonchev–Trinajstić information content (AvgIpc) is 3.15. The van der Waals surface area contributed by atoms with Crippen LogP contribution in [0.15, 0.2) is 65.8 Å². The summed E-state index contributed by atoms with van der Waals surface area (Å²) in [7, 11) is 1.61. The van der Waals surface area contributed by atoms with Gasteiger partial charge in [-0.25, -0.2) is 9.80 Å². The van der Waals surface area contributed by atoms with Crippen molar-refractivity contribution in [1.29, 1.82) is 0 Å². The highest BCUT2D eigenvalue weighted by molar-refractivity contribution is 6.13. The van der Waals surface area contributed by atoms with E-state index in [1.807, 2.05) is 36.4 Å². The zero-order valence-corrected chi connectivity index (χ0v) is 22.2. The maximum Gasteiger partial charge on any atom is 0.405 e. The molecule has 0 saturated carbocycles. The van der Waals surface area contributed by atoms with Gasteiger partial charge in [-0.15, -0.1) is 0 Å². The molecular weight excluding hydrogens is 502 g/mol. The van der Waals surface area contributed by atoms with Gasteiger partial charge in [0.15, 0.2) is 0 Å². The van der Waals surface area contributed by atoms with E-state index in [9.17, 15) is 19.2 Å². The smallest absolute Gasteiger partial charge is 0.405 e. The van der Waals surface area contributed by atoms with Crippen LogP contribution in [-0.2, 0) is 20.8 Å². The molecular formula is C28H33N5O6. The molecule has 0 aliphatic carbocycles. The van der Waals surface area contributed by atoms with E-state index in [0.717, 1.165) is 11.3 Å². The van der Waals surface area contributed by atoms with Crippen molar-refractivity contribution < 1.29 is 29.0 Å². The van der Waals surface area contributed by atoms with Crippen molar-refractivity contribution in [3.63, 3.8) is 0 Å². The lowest BCUT2D eigenvalue weighted by Gasteiger charge is -2.40. The number of nitrogens with zero attached hydrogens (tertiary/aromatic N) is 3. The number of fused-ring (bicyclic) bond motifs is 1. The zero-order chi connectivity index (χ0) is 28.2. The largest absolute Gasteiger partial charge is 0.491 e. The van der Waals surface area contributed by atoms with Gasteiger partial charge in [-0.1, -0.05) is 48.5 Å². The second-order valence-electron chi connectivity index (χ2n) is 10.3. The monoisotopic (exact) mass is 535 g/mol. The van der Waals surface area contributed by atoms with E-state index in [2.05, 4.69) is 15.7 Å². The molecule has 39 heavy (non-hydrogen) atoms. The first-order valence-electron chi connectivity index (χ1n) is 12.7. The van der Waals surface area contributed by atoms with Gasteiger partial charge < -0.3 is 25.4 Å². The molecule has 0 radical (unpaired) electrons. The van der Waals surface area contributed by atoms with E-state index in [1.165, 1.54) is 18.9 Å². The molecule has 4 rings (SSSR count). The molecule has 3 N–H and O–H groups in total. The molecule has 0 bridgehead atoms. The Morgan fingerprint density at radius 1 is 1.10 bits per heavy atom. The quantitative estimate of drug-likeness (QED) is 0.448. The maximum atomic E-state index is 13.9. The summed E-state index contributed by atoms with van der Waals surface area (Å²) in [5.74, 6) is -0.797. The number of piperidine rings is 1. The molecule has 206 valence electrons. The van der Waals surface area contributed by atoms with Crippen LogP contribution in [0.3, 0.4) is 0 Å². The number of hydrazone groups is 1. The number of hydrogen-bond donors (Lipinski definition) is 3. The highest BCUT2D eigenvalue weighted by atomic mass is 16.5. The Balaban J connectivity index is 1.59. The molecule has 11 nitrogen and oxygen atoms in total. The number of para-hydroxylation sites is 1. The summed E-state index contributed by atoms with van der Waals surface area (Å²) in [6, 6.07) is 17.3. The molecule has 2 aromatic rings. The normalized spacial score (nSPS) is 19.6. The van der Waals surface area contributed by atoms with Crippen molar-refractivity contribution in [3.8, 4) is 5.75 Å². The summed E-state index contributed by atoms with van der Waals surface area (Å²) in [5, 5.41) is 19.8. The predicted molar refractivity (Wildman–Crippen MR) is 143 cm³/mol. The molecule has 2 aliphatic rings. The fraction of sp³-hybridized carbons (Fsp3) is 0.393. The minimum atomic E-state index is -1.50. The van der Waals surface area contributed by atoms with E-state index >= 15 is 0 Å². The summed E-state index contributed by atoms with van der Waals surface area (Å²) in [6.45, 7) is 3.03. The first-order valence-corrected chi connectivity index (χ1v) is 12.7. The lowest BCUT2D eigenvalue weighted by molar-refractivity contribution is -0.143. The van der Waals surface area contributed by atoms with Crippen molar-refractivity contribution >= 4 is 29.5 Å². The fourth-order valence-corrected chi connectivity index (χ4v) is 4.97. The molecule has 4 amide bonds. The van der Waals surface area contributed by atoms with E-state index in [4.69, 9.17) is 9.84 Å². The Kier molecular flexibility index (Phi) is 7.89. The number of carbonyl (C=O) groups excluding carboxylic acids is 3. The molecule has 11 heteroatoms. The van der Waals surface area contributed by atoms with Crippen LogP contribution >= 0.6 is 0 Å². The van der Waals surface area contributed by atoms with Gasteiger partial charge in [-0.2, -0.15) is 5.10 Å². The Morgan fingerprint density at radius 2 is 1.74 bits per heavy atom. The van der Waals surface area contributed by atoms with Crippen LogP contribution in [0.25, 0.3) is 0 Å². The van der Waals surface area contributed by atoms with Crippen molar-refractivity contribution in [2.45, 2.75) is 38.3 Å². The predicted octanol–water partition coefficient (Wildman–Crippen LogP) is 1.89. The SMILES string of the molecule is CN1N=C2CCN(C(=O)C(COc3ccccc3)NC(=O)C(C)(C)NC(=O)O)CC2(Cc2ccccc2)C1=O. The maximum absolute atomic E-state index is 13.9. The van der Waals surface area contributed by atoms with Crippen LogP contribution in [0, 0.1) is 5.41 Å². The summed E-state index contributed by atoms with van der Waals surface area (Å²) in [6.07, 6.45) is -0.582. The van der Waals surface area contributed by atoms with Gasteiger partial charge >= 0.3 is 6.09 Å². The van der Waals surface area contributed by atoms with Gasteiger partial charge in [0, 0.05) is 26.6 Å². The average molecular weight is 536 g/mol. The highest BCUT2D eigenvalue weighted by Crippen LogP contribution is 2.38. The Hall–Kier alpha value is -4.41. The summed E-state index contributed by atoms with van der Waals surface area (Å²) in [4.78, 5) is 53.2. The zero-order valence-electron chi connectivity index (χ0n) is 22.2. The first-order chi connectivity index (χ1) is 18.5. The van der Waals surface area contributed by atoms with Gasteiger partial charge in [0.1, 0.15) is 29.4 Å². The van der Waals surface area contributed by atoms with Crippen molar-refractivity contribution in [3.05, 3.63) is 66.2 Å². The molecule has 0 spiro atoms. The van der Waals surface area contributed by atoms with Crippen LogP contribution < -0.4 is 15.4 Å². The van der Waals surface area contributed by atoms with E-state index in [-0.39, 0.29) is 19.1 Å². The molecule has 2 unspecified atom stereocenters. The van der Waals surface area contributed by atoms with Crippen LogP contribution in [0.2, 0.25) is 0 Å². The van der Waals surface area contributed by atoms with Gasteiger partial charge in [0.25, 0.3) is 5.91 Å². The Labute approximate surface area is 226 Å². The lowest BCUT2D eigenvalue weighted by Crippen LogP contribution is -2.62. The Morgan fingerprint density at radius 3 is 2.38 bits per heavy atom. The molecule has 2 heterocycles. The third-order valence-corrected chi connectivity index (χ3v) is 7.02. The number of benzene rings is 2. The van der Waals surface area contributed by atoms with Gasteiger partial charge in [0.2, 0.25) is 11.8 Å². The number of ether oxygens (including phenoxy) is 1. The summed E-state index contributed by atoms with van der Waals surface area (Å²) < 4.78 is 5.82. The third kappa shape index (κ3) is 6.02. The second-order valence-corrected chi connectivity index (χ2v) is 10.3. The number of likely N-dealkylation sites (tertiary alicyclic amines) is 1. The highest BCUT2D eigenvalue weighted by Gasteiger charge is 2.54. The number of rotatable bonds is 9. The minimum absolute atomic E-state index is 0.0945. The molecule has 2 aliphatic heterocycles. The van der Waals surface area contributed by atoms with E-state index in [1.54, 1.807) is 36.2 Å². The molecule has 1 saturated heterocycles. The topological polar surface area (TPSA) is 141 Å². The number of carbonyl (C=O) groups is 4. The van der Waals surface area contributed by atoms with Crippen LogP contribution in [0.5, 0.6) is 5.75 Å². The van der Waals surface area contributed by atoms with Gasteiger partial charge in [0.05, 0.1) is 5.71 Å². The molecule has 1 fully saturated rings. The summed E-state index contributed by atoms with van der Waals surface area (Å²) >= 11 is 0. The fourth-order valence-electron chi connectivity index (χ4n) is 4.97. The van der Waals surface area contributed by atoms with Gasteiger partial charge in [-0.05, 0) is 38.0 Å². The first kappa shape index (κ1) is 27.6. The minimum Gasteiger partial charge on any atom is -0.491 e. The summed E-state index contributed by atoms with van der Waals surface area (Å²) in [5.41, 5.74) is -0.835. The lowest BCUT2D eigenvalue weighted by atomic mass is 9.73. The van der Waals surface area contributed by atoms with E-state index in [0.29, 0.717) is 25.1 Å². The number of amides is 4. The van der Waals surface area contributed by atoms with Crippen molar-refractivity contribution in [2.24, 2.45) is 10.5 Å². The number of hydrogen-bond acceptors (Lipinski definition) is 6. The molecule has 0 aromatic heterocycles. The van der Waals surface area contributed by atoms with Gasteiger partial charge in [-0.3, -0.25) is 14.4 Å². The van der Waals surface area contributed by atoms with Crippen LogP contribution in [0.4, 0.5) is 4.79 Å². The standard InChI is InChI=1S/C28H33N5O6/c1-27(2,30-26(37)38)24(35)29-21(17-39-20-12-8-5-9-13-20)23(34)33-15-14-22-28(18-33,25(36)32(3)31-22)16-19-10-6-4-7-11-19/h4-13,21,30H,14-18H2,1-3H3,(H,29,35)(H,37,38). The Bertz CT molecular complexity index is 1270. The van der Waals surface area contributed by atoms with Crippen molar-refractivity contribution in [2.75, 3.05) is 26.7 Å². The van der Waals surface area contributed by atoms with E-state index < -0.39 is 34.9 Å². The molecule has 2 atom stereocenters. The number of carboxylic acid groups (broad SMARTS) is 1. The number of nitrogens with one attached hydrogen (secondary N) is 2. The van der Waals surface area contributed by atoms with Crippen LogP contribution in [0.1, 0.15) is 25.8 Å². The molecule has 2 aromatic carbocycles.